The Kier molecular flexibility index (Phi) is 4.43. The van der Waals surface area contributed by atoms with Crippen molar-refractivity contribution in [1.29, 1.82) is 0 Å². The van der Waals surface area contributed by atoms with Crippen LogP contribution in [0.5, 0.6) is 0 Å². The number of aryl methyl sites for hydroxylation is 1. The van der Waals surface area contributed by atoms with Crippen LogP contribution in [0.4, 0.5) is 5.69 Å². The lowest BCUT2D eigenvalue weighted by Gasteiger charge is -2.07. The number of carbonyl (C=O) groups is 1. The van der Waals surface area contributed by atoms with E-state index in [2.05, 4.69) is 15.5 Å². The number of hydrogen-bond donors (Lipinski definition) is 1. The Hall–Kier alpha value is -2.60. The molecule has 0 bridgehead atoms. The van der Waals surface area contributed by atoms with Crippen LogP contribution in [0.2, 0.25) is 5.02 Å². The summed E-state index contributed by atoms with van der Waals surface area (Å²) in [6.07, 6.45) is 5.13. The number of anilines is 1. The molecule has 118 valence electrons. The van der Waals surface area contributed by atoms with Gasteiger partial charge < -0.3 is 5.32 Å². The molecule has 7 heteroatoms. The number of nitrogens with zero attached hydrogens (tertiary/aromatic N) is 4. The average Bonchev–Trinajstić information content (AvgIpc) is 3.16. The van der Waals surface area contributed by atoms with E-state index in [9.17, 15) is 4.79 Å². The van der Waals surface area contributed by atoms with E-state index in [0.717, 1.165) is 17.8 Å². The largest absolute Gasteiger partial charge is 0.321 e. The molecule has 0 spiro atoms. The Morgan fingerprint density at radius 2 is 2.17 bits per heavy atom. The number of aromatic nitrogens is 4. The Bertz CT molecular complexity index is 823. The van der Waals surface area contributed by atoms with Crippen LogP contribution in [0.25, 0.3) is 0 Å². The summed E-state index contributed by atoms with van der Waals surface area (Å²) in [5, 5.41) is 11.8. The van der Waals surface area contributed by atoms with Crippen LogP contribution in [0.15, 0.2) is 48.9 Å². The summed E-state index contributed by atoms with van der Waals surface area (Å²) < 4.78 is 3.46. The van der Waals surface area contributed by atoms with Gasteiger partial charge in [0.2, 0.25) is 0 Å². The summed E-state index contributed by atoms with van der Waals surface area (Å²) in [6, 6.07) is 9.31. The Morgan fingerprint density at radius 1 is 1.30 bits per heavy atom. The van der Waals surface area contributed by atoms with Gasteiger partial charge in [-0.2, -0.15) is 10.2 Å². The highest BCUT2D eigenvalue weighted by Crippen LogP contribution is 2.14. The topological polar surface area (TPSA) is 64.7 Å². The van der Waals surface area contributed by atoms with Gasteiger partial charge in [-0.15, -0.1) is 0 Å². The zero-order valence-corrected chi connectivity index (χ0v) is 13.4. The third-order valence-electron chi connectivity index (χ3n) is 3.33. The number of amides is 1. The van der Waals surface area contributed by atoms with Crippen molar-refractivity contribution in [3.63, 3.8) is 0 Å². The van der Waals surface area contributed by atoms with Gasteiger partial charge in [-0.05, 0) is 30.7 Å². The van der Waals surface area contributed by atoms with Gasteiger partial charge in [0.25, 0.3) is 5.91 Å². The van der Waals surface area contributed by atoms with Crippen molar-refractivity contribution in [2.75, 3.05) is 5.32 Å². The van der Waals surface area contributed by atoms with Crippen molar-refractivity contribution < 1.29 is 4.79 Å². The molecule has 0 atom stereocenters. The zero-order chi connectivity index (χ0) is 16.2. The van der Waals surface area contributed by atoms with E-state index in [0.29, 0.717) is 17.3 Å². The third-order valence-corrected chi connectivity index (χ3v) is 3.52. The molecule has 0 saturated carbocycles. The van der Waals surface area contributed by atoms with Gasteiger partial charge in [0, 0.05) is 24.6 Å². The number of benzene rings is 1. The molecule has 0 aliphatic rings. The highest BCUT2D eigenvalue weighted by molar-refractivity contribution is 6.30. The van der Waals surface area contributed by atoms with E-state index in [1.165, 1.54) is 0 Å². The Morgan fingerprint density at radius 3 is 2.87 bits per heavy atom. The molecular weight excluding hydrogens is 314 g/mol. The zero-order valence-electron chi connectivity index (χ0n) is 12.6. The summed E-state index contributed by atoms with van der Waals surface area (Å²) in [4.78, 5) is 12.2. The maximum atomic E-state index is 12.2. The fourth-order valence-corrected chi connectivity index (χ4v) is 2.37. The maximum absolute atomic E-state index is 12.2. The van der Waals surface area contributed by atoms with Crippen LogP contribution in [0.1, 0.15) is 23.0 Å². The van der Waals surface area contributed by atoms with Gasteiger partial charge >= 0.3 is 0 Å². The van der Waals surface area contributed by atoms with Crippen LogP contribution in [-0.4, -0.2) is 25.5 Å². The fourth-order valence-electron chi connectivity index (χ4n) is 2.21. The van der Waals surface area contributed by atoms with Crippen molar-refractivity contribution in [3.05, 3.63) is 65.2 Å². The maximum Gasteiger partial charge on any atom is 0.276 e. The lowest BCUT2D eigenvalue weighted by molar-refractivity contribution is 0.102. The van der Waals surface area contributed by atoms with E-state index in [1.807, 2.05) is 31.2 Å². The first-order chi connectivity index (χ1) is 11.1. The van der Waals surface area contributed by atoms with Gasteiger partial charge in [0.15, 0.2) is 5.69 Å². The van der Waals surface area contributed by atoms with E-state index in [-0.39, 0.29) is 5.91 Å². The molecule has 0 aliphatic heterocycles. The molecule has 0 unspecified atom stereocenters. The van der Waals surface area contributed by atoms with Crippen molar-refractivity contribution in [2.45, 2.75) is 20.0 Å². The van der Waals surface area contributed by atoms with Crippen LogP contribution < -0.4 is 5.32 Å². The number of carbonyl (C=O) groups excluding carboxylic acids is 1. The summed E-state index contributed by atoms with van der Waals surface area (Å²) in [7, 11) is 0. The molecule has 0 saturated heterocycles. The van der Waals surface area contributed by atoms with E-state index < -0.39 is 0 Å². The second-order valence-electron chi connectivity index (χ2n) is 5.07. The van der Waals surface area contributed by atoms with Gasteiger partial charge in [-0.25, -0.2) is 0 Å². The summed E-state index contributed by atoms with van der Waals surface area (Å²) in [6.45, 7) is 3.29. The minimum atomic E-state index is -0.225. The molecule has 0 aliphatic carbocycles. The quantitative estimate of drug-likeness (QED) is 0.782. The monoisotopic (exact) mass is 329 g/mol. The molecule has 3 rings (SSSR count). The first kappa shape index (κ1) is 15.3. The van der Waals surface area contributed by atoms with Crippen molar-refractivity contribution in [1.82, 2.24) is 19.6 Å². The second-order valence-corrected chi connectivity index (χ2v) is 5.50. The molecule has 2 heterocycles. The predicted molar refractivity (Wildman–Crippen MR) is 88.6 cm³/mol. The highest BCUT2D eigenvalue weighted by atomic mass is 35.5. The van der Waals surface area contributed by atoms with Crippen molar-refractivity contribution in [3.8, 4) is 0 Å². The number of halogens is 1. The van der Waals surface area contributed by atoms with Crippen LogP contribution >= 0.6 is 11.6 Å². The third kappa shape index (κ3) is 3.78. The number of nitrogens with one attached hydrogen (secondary N) is 1. The molecule has 0 fully saturated rings. The molecule has 1 aromatic carbocycles. The van der Waals surface area contributed by atoms with Crippen LogP contribution in [0, 0.1) is 0 Å². The Labute approximate surface area is 138 Å². The first-order valence-corrected chi connectivity index (χ1v) is 7.63. The standard InChI is InChI=1S/C16H16ClN5O/c1-2-21-7-6-15(20-21)16(23)19-14-5-3-4-12(8-14)10-22-11-13(17)9-18-22/h3-9,11H,2,10H2,1H3,(H,19,23). The Balaban J connectivity index is 1.70. The number of hydrogen-bond acceptors (Lipinski definition) is 3. The molecule has 1 amide bonds. The predicted octanol–water partition coefficient (Wildman–Crippen LogP) is 3.05. The molecular formula is C16H16ClN5O. The van der Waals surface area contributed by atoms with Gasteiger partial charge in [0.05, 0.1) is 17.8 Å². The van der Waals surface area contributed by atoms with Crippen molar-refractivity contribution >= 4 is 23.2 Å². The van der Waals surface area contributed by atoms with Crippen LogP contribution in [-0.2, 0) is 13.1 Å². The SMILES string of the molecule is CCn1ccc(C(=O)Nc2cccc(Cn3cc(Cl)cn3)c2)n1. The van der Waals surface area contributed by atoms with Gasteiger partial charge in [-0.1, -0.05) is 23.7 Å². The second kappa shape index (κ2) is 6.66. The minimum Gasteiger partial charge on any atom is -0.321 e. The normalized spacial score (nSPS) is 10.7. The molecule has 2 aromatic heterocycles. The molecule has 3 aromatic rings. The smallest absolute Gasteiger partial charge is 0.276 e. The fraction of sp³-hybridized carbons (Fsp3) is 0.188. The molecule has 6 nitrogen and oxygen atoms in total. The average molecular weight is 330 g/mol. The first-order valence-electron chi connectivity index (χ1n) is 7.26. The van der Waals surface area contributed by atoms with E-state index >= 15 is 0 Å². The van der Waals surface area contributed by atoms with E-state index in [1.54, 1.807) is 34.0 Å². The van der Waals surface area contributed by atoms with E-state index in [4.69, 9.17) is 11.6 Å². The van der Waals surface area contributed by atoms with Crippen molar-refractivity contribution in [2.24, 2.45) is 0 Å². The summed E-state index contributed by atoms with van der Waals surface area (Å²) in [5.74, 6) is -0.225. The molecule has 1 N–H and O–H groups in total. The summed E-state index contributed by atoms with van der Waals surface area (Å²) >= 11 is 5.86. The lowest BCUT2D eigenvalue weighted by Crippen LogP contribution is -2.13. The number of rotatable bonds is 5. The lowest BCUT2D eigenvalue weighted by atomic mass is 10.2. The van der Waals surface area contributed by atoms with Crippen LogP contribution in [0.3, 0.4) is 0 Å². The molecule has 0 radical (unpaired) electrons. The highest BCUT2D eigenvalue weighted by Gasteiger charge is 2.10. The summed E-state index contributed by atoms with van der Waals surface area (Å²) in [5.41, 5.74) is 2.13. The minimum absolute atomic E-state index is 0.225. The van der Waals surface area contributed by atoms with Gasteiger partial charge in [-0.3, -0.25) is 14.2 Å². The van der Waals surface area contributed by atoms with Gasteiger partial charge in [0.1, 0.15) is 0 Å². The molecule has 23 heavy (non-hydrogen) atoms.